The average molecular weight is 401 g/mol. The summed E-state index contributed by atoms with van der Waals surface area (Å²) in [5.41, 5.74) is 2.45. The lowest BCUT2D eigenvalue weighted by atomic mass is 9.61. The Bertz CT molecular complexity index is 737. The van der Waals surface area contributed by atoms with Crippen LogP contribution in [0.15, 0.2) is 39.8 Å². The highest BCUT2D eigenvalue weighted by Gasteiger charge is 2.43. The zero-order valence-electron chi connectivity index (χ0n) is 18.1. The van der Waals surface area contributed by atoms with Gasteiger partial charge in [0.2, 0.25) is 0 Å². The Morgan fingerprint density at radius 1 is 1.11 bits per heavy atom. The number of rotatable bonds is 5. The third-order valence-corrected chi connectivity index (χ3v) is 7.00. The molecule has 154 valence electrons. The van der Waals surface area contributed by atoms with Gasteiger partial charge >= 0.3 is 0 Å². The Kier molecular flexibility index (Phi) is 7.27. The van der Waals surface area contributed by atoms with Crippen molar-refractivity contribution in [2.75, 3.05) is 6.26 Å². The summed E-state index contributed by atoms with van der Waals surface area (Å²) in [7, 11) is 0. The molecule has 1 aromatic heterocycles. The van der Waals surface area contributed by atoms with Gasteiger partial charge in [-0.05, 0) is 68.2 Å². The number of benzene rings is 1. The monoisotopic (exact) mass is 400 g/mol. The van der Waals surface area contributed by atoms with E-state index >= 15 is 0 Å². The van der Waals surface area contributed by atoms with Gasteiger partial charge in [0.1, 0.15) is 0 Å². The maximum absolute atomic E-state index is 5.67. The van der Waals surface area contributed by atoms with Crippen LogP contribution < -0.4 is 5.32 Å². The van der Waals surface area contributed by atoms with Crippen molar-refractivity contribution in [1.82, 2.24) is 10.5 Å². The fourth-order valence-corrected chi connectivity index (χ4v) is 6.17. The van der Waals surface area contributed by atoms with Gasteiger partial charge in [0, 0.05) is 28.6 Å². The molecule has 1 heterocycles. The second-order valence-electron chi connectivity index (χ2n) is 8.68. The van der Waals surface area contributed by atoms with Crippen molar-refractivity contribution in [3.8, 4) is 11.3 Å². The number of nitrogens with one attached hydrogen (secondary N) is 1. The van der Waals surface area contributed by atoms with Crippen LogP contribution in [0.4, 0.5) is 0 Å². The van der Waals surface area contributed by atoms with Gasteiger partial charge in [-0.2, -0.15) is 0 Å². The van der Waals surface area contributed by atoms with Crippen molar-refractivity contribution in [3.05, 3.63) is 36.0 Å². The molecule has 1 N–H and O–H groups in total. The van der Waals surface area contributed by atoms with Gasteiger partial charge in [0.15, 0.2) is 5.76 Å². The fraction of sp³-hybridized carbons (Fsp3) is 0.625. The number of hydrogen-bond donors (Lipinski definition) is 1. The molecule has 3 nitrogen and oxygen atoms in total. The van der Waals surface area contributed by atoms with Crippen molar-refractivity contribution >= 4 is 11.8 Å². The normalized spacial score (nSPS) is 29.1. The third-order valence-electron chi connectivity index (χ3n) is 6.21. The van der Waals surface area contributed by atoms with E-state index < -0.39 is 0 Å². The first-order valence-corrected chi connectivity index (χ1v) is 12.1. The SMILES string of the molecule is CC.CSc1ccccc1-c1cc(CNC23CC(C)CC(CC(C)C2)C3)no1. The first-order chi connectivity index (χ1) is 13.6. The van der Waals surface area contributed by atoms with Crippen LogP contribution in [0.25, 0.3) is 11.3 Å². The Morgan fingerprint density at radius 2 is 1.79 bits per heavy atom. The molecule has 2 saturated carbocycles. The largest absolute Gasteiger partial charge is 0.356 e. The van der Waals surface area contributed by atoms with Gasteiger partial charge < -0.3 is 9.84 Å². The van der Waals surface area contributed by atoms with Crippen LogP contribution >= 0.6 is 11.8 Å². The summed E-state index contributed by atoms with van der Waals surface area (Å²) in [6.45, 7) is 9.65. The van der Waals surface area contributed by atoms with E-state index in [4.69, 9.17) is 4.52 Å². The van der Waals surface area contributed by atoms with Gasteiger partial charge in [0.05, 0.1) is 5.69 Å². The van der Waals surface area contributed by atoms with Crippen molar-refractivity contribution in [2.45, 2.75) is 76.8 Å². The molecule has 0 saturated heterocycles. The molecule has 2 aliphatic rings. The number of hydrogen-bond acceptors (Lipinski definition) is 4. The van der Waals surface area contributed by atoms with Crippen LogP contribution in [0.3, 0.4) is 0 Å². The van der Waals surface area contributed by atoms with E-state index in [2.05, 4.69) is 60.9 Å². The van der Waals surface area contributed by atoms with E-state index in [-0.39, 0.29) is 0 Å². The van der Waals surface area contributed by atoms with E-state index in [1.54, 1.807) is 11.8 Å². The van der Waals surface area contributed by atoms with E-state index in [1.165, 1.54) is 37.0 Å². The molecule has 2 aromatic rings. The molecule has 0 spiro atoms. The molecule has 2 unspecified atom stereocenters. The highest BCUT2D eigenvalue weighted by atomic mass is 32.2. The van der Waals surface area contributed by atoms with Gasteiger partial charge in [-0.25, -0.2) is 0 Å². The molecule has 28 heavy (non-hydrogen) atoms. The van der Waals surface area contributed by atoms with Crippen molar-refractivity contribution in [3.63, 3.8) is 0 Å². The van der Waals surface area contributed by atoms with E-state index in [0.29, 0.717) is 5.54 Å². The topological polar surface area (TPSA) is 38.1 Å². The Hall–Kier alpha value is -1.26. The van der Waals surface area contributed by atoms with Crippen LogP contribution in [0.5, 0.6) is 0 Å². The van der Waals surface area contributed by atoms with Crippen molar-refractivity contribution in [1.29, 1.82) is 0 Å². The van der Waals surface area contributed by atoms with Crippen LogP contribution in [0.1, 0.15) is 65.5 Å². The third kappa shape index (κ3) is 4.83. The molecule has 2 atom stereocenters. The quantitative estimate of drug-likeness (QED) is 0.561. The van der Waals surface area contributed by atoms with Crippen LogP contribution in [-0.2, 0) is 6.54 Å². The predicted octanol–water partition coefficient (Wildman–Crippen LogP) is 6.78. The van der Waals surface area contributed by atoms with Gasteiger partial charge in [-0.15, -0.1) is 11.8 Å². The standard InChI is InChI=1S/C22H30N2OS.C2H6/c1-15-8-17-9-16(2)12-22(11-15,13-17)23-14-18-10-20(25-24-18)19-6-4-5-7-21(19)26-3;1-2/h4-7,10,15-17,23H,8-9,11-14H2,1-3H3;1-2H3. The summed E-state index contributed by atoms with van der Waals surface area (Å²) >= 11 is 1.74. The summed E-state index contributed by atoms with van der Waals surface area (Å²) in [4.78, 5) is 1.23. The zero-order valence-corrected chi connectivity index (χ0v) is 18.9. The number of aromatic nitrogens is 1. The van der Waals surface area contributed by atoms with E-state index in [9.17, 15) is 0 Å². The second kappa shape index (κ2) is 9.49. The zero-order chi connectivity index (χ0) is 20.1. The molecule has 0 amide bonds. The van der Waals surface area contributed by atoms with Crippen molar-refractivity contribution in [2.24, 2.45) is 17.8 Å². The summed E-state index contributed by atoms with van der Waals surface area (Å²) in [5, 5.41) is 8.26. The highest BCUT2D eigenvalue weighted by Crippen LogP contribution is 2.47. The molecule has 0 radical (unpaired) electrons. The lowest BCUT2D eigenvalue weighted by Crippen LogP contribution is -2.54. The van der Waals surface area contributed by atoms with Gasteiger partial charge in [-0.3, -0.25) is 0 Å². The van der Waals surface area contributed by atoms with Gasteiger partial charge in [-0.1, -0.05) is 45.0 Å². The Morgan fingerprint density at radius 3 is 2.46 bits per heavy atom. The molecule has 2 aliphatic carbocycles. The van der Waals surface area contributed by atoms with E-state index in [0.717, 1.165) is 41.3 Å². The maximum Gasteiger partial charge on any atom is 0.168 e. The van der Waals surface area contributed by atoms with Gasteiger partial charge in [0.25, 0.3) is 0 Å². The number of nitrogens with zero attached hydrogens (tertiary/aromatic N) is 1. The molecular formula is C24H36N2OS. The number of fused-ring (bicyclic) bond motifs is 2. The van der Waals surface area contributed by atoms with Crippen LogP contribution in [-0.4, -0.2) is 17.0 Å². The first-order valence-electron chi connectivity index (χ1n) is 10.9. The smallest absolute Gasteiger partial charge is 0.168 e. The summed E-state index contributed by atoms with van der Waals surface area (Å²) in [6, 6.07) is 10.5. The van der Waals surface area contributed by atoms with Crippen LogP contribution in [0.2, 0.25) is 0 Å². The summed E-state index contributed by atoms with van der Waals surface area (Å²) < 4.78 is 5.67. The highest BCUT2D eigenvalue weighted by molar-refractivity contribution is 7.98. The summed E-state index contributed by atoms with van der Waals surface area (Å²) in [6.07, 6.45) is 8.85. The molecule has 4 heteroatoms. The lowest BCUT2D eigenvalue weighted by Gasteiger charge is -2.50. The maximum atomic E-state index is 5.67. The Labute approximate surface area is 175 Å². The minimum atomic E-state index is 0.302. The molecule has 4 rings (SSSR count). The van der Waals surface area contributed by atoms with Crippen LogP contribution in [0, 0.1) is 17.8 Å². The van der Waals surface area contributed by atoms with Crippen molar-refractivity contribution < 1.29 is 4.52 Å². The molecule has 1 aromatic carbocycles. The number of thioether (sulfide) groups is 1. The Balaban J connectivity index is 0.00000109. The minimum Gasteiger partial charge on any atom is -0.356 e. The molecule has 0 aliphatic heterocycles. The average Bonchev–Trinajstić information content (AvgIpc) is 3.16. The van der Waals surface area contributed by atoms with E-state index in [1.807, 2.05) is 13.8 Å². The first kappa shape index (κ1) is 21.4. The molecular weight excluding hydrogens is 364 g/mol. The lowest BCUT2D eigenvalue weighted by molar-refractivity contribution is 0.0538. The molecule has 2 bridgehead atoms. The minimum absolute atomic E-state index is 0.302. The fourth-order valence-electron chi connectivity index (χ4n) is 5.57. The second-order valence-corrected chi connectivity index (χ2v) is 9.52. The predicted molar refractivity (Wildman–Crippen MR) is 120 cm³/mol. The summed E-state index contributed by atoms with van der Waals surface area (Å²) in [5.74, 6) is 3.43. The molecule has 2 fully saturated rings.